The third-order valence-corrected chi connectivity index (χ3v) is 12.7. The highest BCUT2D eigenvalue weighted by Gasteiger charge is 2.34. The highest BCUT2D eigenvalue weighted by Crippen LogP contribution is 2.36. The number of piperidine rings is 2. The van der Waals surface area contributed by atoms with Crippen LogP contribution in [0.15, 0.2) is 48.7 Å². The van der Waals surface area contributed by atoms with Crippen molar-refractivity contribution < 1.29 is 32.7 Å². The summed E-state index contributed by atoms with van der Waals surface area (Å²) in [4.78, 5) is 62.0. The molecule has 308 valence electrons. The molecule has 1 aromatic heterocycles. The number of halogens is 2. The number of carbonyl (C=O) groups is 4. The van der Waals surface area contributed by atoms with Crippen molar-refractivity contribution in [3.63, 3.8) is 0 Å². The van der Waals surface area contributed by atoms with Crippen LogP contribution in [-0.2, 0) is 19.1 Å². The SMILES string of the molecule is O=C1CCC(Nc2ccc(C3CCN(C4CCC(C(=O)NC5CCC(Nc6ncc(F)c(-c7cccc(N8CCCOC8=O)c7)n6)CC5)CC4)CC3)c(F)c2)C(=O)N1. The van der Waals surface area contributed by atoms with E-state index in [9.17, 15) is 23.6 Å². The van der Waals surface area contributed by atoms with Crippen LogP contribution < -0.4 is 26.2 Å². The third kappa shape index (κ3) is 9.24. The molecule has 2 saturated carbocycles. The number of hydrogen-bond acceptors (Lipinski definition) is 10. The lowest BCUT2D eigenvalue weighted by atomic mass is 9.82. The quantitative estimate of drug-likeness (QED) is 0.173. The summed E-state index contributed by atoms with van der Waals surface area (Å²) in [7, 11) is 0. The van der Waals surface area contributed by atoms with Gasteiger partial charge < -0.3 is 25.6 Å². The zero-order valence-corrected chi connectivity index (χ0v) is 32.7. The summed E-state index contributed by atoms with van der Waals surface area (Å²) in [6, 6.07) is 12.3. The van der Waals surface area contributed by atoms with Crippen LogP contribution in [0.3, 0.4) is 0 Å². The van der Waals surface area contributed by atoms with Crippen LogP contribution in [0.5, 0.6) is 0 Å². The third-order valence-electron chi connectivity index (χ3n) is 12.7. The first-order valence-electron chi connectivity index (χ1n) is 20.9. The van der Waals surface area contributed by atoms with E-state index in [1.807, 2.05) is 12.1 Å². The fraction of sp³-hybridized carbons (Fsp3) is 0.535. The molecule has 0 spiro atoms. The molecule has 58 heavy (non-hydrogen) atoms. The maximum atomic E-state index is 15.3. The summed E-state index contributed by atoms with van der Waals surface area (Å²) >= 11 is 0. The number of rotatable bonds is 10. The van der Waals surface area contributed by atoms with E-state index in [4.69, 9.17) is 4.74 Å². The number of amides is 4. The van der Waals surface area contributed by atoms with Crippen molar-refractivity contribution in [2.24, 2.45) is 5.92 Å². The molecular formula is C43H52F2N8O5. The van der Waals surface area contributed by atoms with Gasteiger partial charge in [-0.1, -0.05) is 18.2 Å². The molecule has 1 atom stereocenters. The number of imide groups is 1. The second-order valence-corrected chi connectivity index (χ2v) is 16.5. The number of ether oxygens (including phenoxy) is 1. The molecule has 15 heteroatoms. The van der Waals surface area contributed by atoms with E-state index in [0.29, 0.717) is 54.1 Å². The molecule has 3 aromatic rings. The fourth-order valence-electron chi connectivity index (χ4n) is 9.39. The standard InChI is InChI=1S/C43H52F2N8O5/c44-35-24-31(47-37-15-16-38(54)50-41(37)56)11-14-34(35)26-17-20-52(21-18-26)32-12-5-27(6-13-32)40(55)48-29-7-9-30(10-8-29)49-42-46-25-36(45)39(51-42)28-3-1-4-33(23-28)53-19-2-22-58-43(53)57/h1,3-4,11,14,23-27,29-30,32,37,47H,2,5-10,12-13,15-22H2,(H,48,55)(H,46,49,51)(H,50,54,56). The first kappa shape index (κ1) is 39.6. The Morgan fingerprint density at radius 2 is 1.60 bits per heavy atom. The summed E-state index contributed by atoms with van der Waals surface area (Å²) in [5.74, 6) is -0.852. The van der Waals surface area contributed by atoms with Crippen molar-refractivity contribution in [2.45, 2.75) is 114 Å². The Morgan fingerprint density at radius 3 is 2.34 bits per heavy atom. The minimum absolute atomic E-state index is 0.0103. The first-order valence-corrected chi connectivity index (χ1v) is 20.9. The molecule has 5 fully saturated rings. The number of carbonyl (C=O) groups excluding carboxylic acids is 4. The molecule has 13 nitrogen and oxygen atoms in total. The highest BCUT2D eigenvalue weighted by atomic mass is 19.1. The van der Waals surface area contributed by atoms with Gasteiger partial charge in [0, 0.05) is 53.9 Å². The van der Waals surface area contributed by atoms with Crippen LogP contribution in [0.2, 0.25) is 0 Å². The van der Waals surface area contributed by atoms with Crippen LogP contribution >= 0.6 is 0 Å². The minimum Gasteiger partial charge on any atom is -0.449 e. The Bertz CT molecular complexity index is 1990. The van der Waals surface area contributed by atoms with Gasteiger partial charge in [0.05, 0.1) is 12.8 Å². The van der Waals surface area contributed by atoms with E-state index >= 15 is 4.39 Å². The maximum absolute atomic E-state index is 15.3. The van der Waals surface area contributed by atoms with E-state index in [2.05, 4.69) is 36.1 Å². The lowest BCUT2D eigenvalue weighted by molar-refractivity contribution is -0.133. The Hall–Kier alpha value is -5.18. The number of hydrogen-bond donors (Lipinski definition) is 4. The number of benzene rings is 2. The zero-order chi connectivity index (χ0) is 40.2. The van der Waals surface area contributed by atoms with Crippen LogP contribution in [0.25, 0.3) is 11.3 Å². The normalized spacial score (nSPS) is 26.1. The van der Waals surface area contributed by atoms with E-state index < -0.39 is 18.0 Å². The summed E-state index contributed by atoms with van der Waals surface area (Å²) in [5, 5.41) is 12.1. The molecule has 4 heterocycles. The highest BCUT2D eigenvalue weighted by molar-refractivity contribution is 6.01. The van der Waals surface area contributed by atoms with Gasteiger partial charge in [-0.15, -0.1) is 0 Å². The number of likely N-dealkylation sites (tertiary alicyclic amines) is 1. The minimum atomic E-state index is -0.551. The monoisotopic (exact) mass is 798 g/mol. The number of nitrogens with one attached hydrogen (secondary N) is 4. The Labute approximate surface area is 337 Å². The second kappa shape index (κ2) is 17.8. The predicted molar refractivity (Wildman–Crippen MR) is 214 cm³/mol. The van der Waals surface area contributed by atoms with Crippen molar-refractivity contribution in [3.8, 4) is 11.3 Å². The molecular weight excluding hydrogens is 747 g/mol. The van der Waals surface area contributed by atoms with Gasteiger partial charge in [-0.2, -0.15) is 0 Å². The zero-order valence-electron chi connectivity index (χ0n) is 32.7. The van der Waals surface area contributed by atoms with E-state index in [0.717, 1.165) is 83.7 Å². The number of aromatic nitrogens is 2. The van der Waals surface area contributed by atoms with Crippen molar-refractivity contribution in [2.75, 3.05) is 41.8 Å². The van der Waals surface area contributed by atoms with E-state index in [-0.39, 0.29) is 59.6 Å². The molecule has 3 saturated heterocycles. The first-order chi connectivity index (χ1) is 28.2. The van der Waals surface area contributed by atoms with Gasteiger partial charge in [-0.25, -0.2) is 23.5 Å². The van der Waals surface area contributed by atoms with Gasteiger partial charge in [-0.3, -0.25) is 24.6 Å². The Morgan fingerprint density at radius 1 is 0.828 bits per heavy atom. The van der Waals surface area contributed by atoms with Crippen molar-refractivity contribution in [1.29, 1.82) is 0 Å². The van der Waals surface area contributed by atoms with Crippen molar-refractivity contribution in [1.82, 2.24) is 25.5 Å². The van der Waals surface area contributed by atoms with Crippen LogP contribution in [0, 0.1) is 17.6 Å². The molecule has 2 aromatic carbocycles. The van der Waals surface area contributed by atoms with Gasteiger partial charge in [0.2, 0.25) is 23.7 Å². The molecule has 2 aliphatic carbocycles. The fourth-order valence-corrected chi connectivity index (χ4v) is 9.39. The van der Waals surface area contributed by atoms with Gasteiger partial charge in [-0.05, 0) is 126 Å². The summed E-state index contributed by atoms with van der Waals surface area (Å²) < 4.78 is 35.4. The van der Waals surface area contributed by atoms with Crippen molar-refractivity contribution in [3.05, 3.63) is 65.9 Å². The molecule has 4 N–H and O–H groups in total. The molecule has 8 rings (SSSR count). The summed E-state index contributed by atoms with van der Waals surface area (Å²) in [6.45, 7) is 2.72. The molecule has 0 radical (unpaired) electrons. The number of nitrogens with zero attached hydrogens (tertiary/aromatic N) is 4. The van der Waals surface area contributed by atoms with Crippen LogP contribution in [0.4, 0.5) is 30.9 Å². The smallest absolute Gasteiger partial charge is 0.414 e. The summed E-state index contributed by atoms with van der Waals surface area (Å²) in [5.41, 5.74) is 2.57. The predicted octanol–water partition coefficient (Wildman–Crippen LogP) is 6.26. The molecule has 0 bridgehead atoms. The Kier molecular flexibility index (Phi) is 12.1. The number of cyclic esters (lactones) is 1. The van der Waals surface area contributed by atoms with E-state index in [1.54, 1.807) is 29.2 Å². The van der Waals surface area contributed by atoms with Crippen LogP contribution in [-0.4, -0.2) is 89.1 Å². The topological polar surface area (TPSA) is 158 Å². The molecule has 5 aliphatic rings. The molecule has 3 aliphatic heterocycles. The average Bonchev–Trinajstić information content (AvgIpc) is 3.24. The lowest BCUT2D eigenvalue weighted by Gasteiger charge is -2.41. The summed E-state index contributed by atoms with van der Waals surface area (Å²) in [6.07, 6.45) is 10.8. The molecule has 4 amide bonds. The lowest BCUT2D eigenvalue weighted by Crippen LogP contribution is -2.47. The maximum Gasteiger partial charge on any atom is 0.414 e. The molecule has 1 unspecified atom stereocenters. The Balaban J connectivity index is 0.754. The van der Waals surface area contributed by atoms with Crippen LogP contribution in [0.1, 0.15) is 95.0 Å². The van der Waals surface area contributed by atoms with Crippen molar-refractivity contribution >= 4 is 41.1 Å². The second-order valence-electron chi connectivity index (χ2n) is 16.5. The van der Waals surface area contributed by atoms with Gasteiger partial charge >= 0.3 is 6.09 Å². The largest absolute Gasteiger partial charge is 0.449 e. The van der Waals surface area contributed by atoms with Gasteiger partial charge in [0.15, 0.2) is 5.82 Å². The number of anilines is 3. The van der Waals surface area contributed by atoms with E-state index in [1.165, 1.54) is 12.3 Å². The van der Waals surface area contributed by atoms with Gasteiger partial charge in [0.1, 0.15) is 17.6 Å². The average molecular weight is 799 g/mol. The van der Waals surface area contributed by atoms with Gasteiger partial charge in [0.25, 0.3) is 0 Å².